The molecule has 1 unspecified atom stereocenters. The van der Waals surface area contributed by atoms with Gasteiger partial charge in [-0.1, -0.05) is 44.2 Å². The summed E-state index contributed by atoms with van der Waals surface area (Å²) in [4.78, 5) is 16.3. The maximum absolute atomic E-state index is 11.9. The van der Waals surface area contributed by atoms with Gasteiger partial charge in [0.1, 0.15) is 5.60 Å². The maximum Gasteiger partial charge on any atom is 0.407 e. The lowest BCUT2D eigenvalue weighted by molar-refractivity contribution is 0.0493. The lowest BCUT2D eigenvalue weighted by atomic mass is 10.1. The molecule has 0 radical (unpaired) electrons. The molecule has 6 nitrogen and oxygen atoms in total. The minimum absolute atomic E-state index is 0. The molecule has 0 aromatic heterocycles. The van der Waals surface area contributed by atoms with Gasteiger partial charge in [0.25, 0.3) is 0 Å². The van der Waals surface area contributed by atoms with Crippen molar-refractivity contribution in [3.63, 3.8) is 0 Å². The summed E-state index contributed by atoms with van der Waals surface area (Å²) in [5, 5.41) is 5.96. The summed E-state index contributed by atoms with van der Waals surface area (Å²) in [6.07, 6.45) is 0.442. The molecule has 7 heteroatoms. The molecule has 4 N–H and O–H groups in total. The lowest BCUT2D eigenvalue weighted by Crippen LogP contribution is -2.44. The highest BCUT2D eigenvalue weighted by Crippen LogP contribution is 2.09. The largest absolute Gasteiger partial charge is 0.444 e. The highest BCUT2D eigenvalue weighted by atomic mass is 127. The molecule has 1 aromatic rings. The Morgan fingerprint density at radius 2 is 1.85 bits per heavy atom. The standard InChI is InChI=1S/C19H32N4O2.HI/c1-14(2)16(23-18(24)25-19(3,4)5)13-22-17(20)21-12-11-15-9-7-6-8-10-15;/h6-10,14,16H,11-13H2,1-5H3,(H,23,24)(H3,20,21,22);1H. The number of rotatable bonds is 7. The van der Waals surface area contributed by atoms with Crippen molar-refractivity contribution >= 4 is 36.0 Å². The predicted octanol–water partition coefficient (Wildman–Crippen LogP) is 3.30. The van der Waals surface area contributed by atoms with Crippen LogP contribution in [-0.4, -0.2) is 36.8 Å². The molecule has 0 saturated heterocycles. The first-order chi connectivity index (χ1) is 11.7. The van der Waals surface area contributed by atoms with Crippen LogP contribution in [0.2, 0.25) is 0 Å². The topological polar surface area (TPSA) is 88.7 Å². The van der Waals surface area contributed by atoms with Crippen molar-refractivity contribution in [2.45, 2.75) is 52.7 Å². The smallest absolute Gasteiger partial charge is 0.407 e. The fraction of sp³-hybridized carbons (Fsp3) is 0.579. The van der Waals surface area contributed by atoms with Gasteiger partial charge in [0.05, 0.1) is 12.6 Å². The molecule has 0 saturated carbocycles. The first-order valence-corrected chi connectivity index (χ1v) is 8.74. The number of halogens is 1. The van der Waals surface area contributed by atoms with Gasteiger partial charge in [-0.05, 0) is 38.7 Å². The maximum atomic E-state index is 11.9. The molecule has 1 amide bonds. The molecule has 0 aliphatic carbocycles. The van der Waals surface area contributed by atoms with Gasteiger partial charge in [-0.15, -0.1) is 24.0 Å². The number of carbonyl (C=O) groups is 1. The third-order valence-corrected chi connectivity index (χ3v) is 3.53. The molecular formula is C19H33IN4O2. The van der Waals surface area contributed by atoms with Gasteiger partial charge in [0.15, 0.2) is 5.96 Å². The number of hydrogen-bond donors (Lipinski definition) is 3. The summed E-state index contributed by atoms with van der Waals surface area (Å²) < 4.78 is 5.29. The van der Waals surface area contributed by atoms with Gasteiger partial charge in [-0.2, -0.15) is 0 Å². The molecule has 0 fully saturated rings. The first kappa shape index (κ1) is 24.5. The molecule has 0 aliphatic heterocycles. The van der Waals surface area contributed by atoms with E-state index >= 15 is 0 Å². The molecule has 0 spiro atoms. The molecule has 1 rings (SSSR count). The summed E-state index contributed by atoms with van der Waals surface area (Å²) in [7, 11) is 0. The number of benzene rings is 1. The van der Waals surface area contributed by atoms with Crippen molar-refractivity contribution < 1.29 is 9.53 Å². The van der Waals surface area contributed by atoms with Crippen LogP contribution in [0.4, 0.5) is 4.79 Å². The van der Waals surface area contributed by atoms with Crippen LogP contribution in [0.15, 0.2) is 35.3 Å². The Morgan fingerprint density at radius 1 is 1.23 bits per heavy atom. The number of amides is 1. The van der Waals surface area contributed by atoms with E-state index in [1.807, 2.05) is 52.8 Å². The number of carbonyl (C=O) groups excluding carboxylic acids is 1. The van der Waals surface area contributed by atoms with E-state index in [1.165, 1.54) is 5.56 Å². The van der Waals surface area contributed by atoms with Crippen LogP contribution in [0, 0.1) is 5.92 Å². The van der Waals surface area contributed by atoms with Crippen molar-refractivity contribution in [1.29, 1.82) is 0 Å². The SMILES string of the molecule is CC(C)C(CN=C(N)NCCc1ccccc1)NC(=O)OC(C)(C)C.I. The van der Waals surface area contributed by atoms with E-state index in [0.29, 0.717) is 19.0 Å². The van der Waals surface area contributed by atoms with Crippen molar-refractivity contribution in [2.24, 2.45) is 16.6 Å². The Hall–Kier alpha value is -1.51. The quantitative estimate of drug-likeness (QED) is 0.320. The van der Waals surface area contributed by atoms with Crippen molar-refractivity contribution in [3.8, 4) is 0 Å². The van der Waals surface area contributed by atoms with Crippen molar-refractivity contribution in [3.05, 3.63) is 35.9 Å². The number of nitrogens with zero attached hydrogens (tertiary/aromatic N) is 1. The van der Waals surface area contributed by atoms with E-state index in [-0.39, 0.29) is 35.9 Å². The third kappa shape index (κ3) is 11.2. The monoisotopic (exact) mass is 476 g/mol. The zero-order chi connectivity index (χ0) is 18.9. The second-order valence-electron chi connectivity index (χ2n) is 7.39. The number of aliphatic imine (C=N–C) groups is 1. The number of alkyl carbamates (subject to hydrolysis) is 1. The normalized spacial score (nSPS) is 12.9. The van der Waals surface area contributed by atoms with Crippen LogP contribution in [0.3, 0.4) is 0 Å². The van der Waals surface area contributed by atoms with E-state index in [4.69, 9.17) is 10.5 Å². The highest BCUT2D eigenvalue weighted by molar-refractivity contribution is 14.0. The lowest BCUT2D eigenvalue weighted by Gasteiger charge is -2.25. The summed E-state index contributed by atoms with van der Waals surface area (Å²) in [6.45, 7) is 10.7. The molecule has 1 atom stereocenters. The molecule has 26 heavy (non-hydrogen) atoms. The fourth-order valence-electron chi connectivity index (χ4n) is 2.11. The number of nitrogens with two attached hydrogens (primary N) is 1. The Bertz CT molecular complexity index is 556. The van der Waals surface area contributed by atoms with E-state index in [2.05, 4.69) is 27.8 Å². The number of guanidine groups is 1. The number of nitrogens with one attached hydrogen (secondary N) is 2. The van der Waals surface area contributed by atoms with E-state index in [0.717, 1.165) is 6.42 Å². The van der Waals surface area contributed by atoms with Crippen molar-refractivity contribution in [1.82, 2.24) is 10.6 Å². The molecular weight excluding hydrogens is 443 g/mol. The van der Waals surface area contributed by atoms with Gasteiger partial charge in [-0.25, -0.2) is 4.79 Å². The van der Waals surface area contributed by atoms with E-state index in [1.54, 1.807) is 0 Å². The second-order valence-corrected chi connectivity index (χ2v) is 7.39. The van der Waals surface area contributed by atoms with Gasteiger partial charge in [0.2, 0.25) is 0 Å². The molecule has 1 aromatic carbocycles. The zero-order valence-electron chi connectivity index (χ0n) is 16.4. The minimum Gasteiger partial charge on any atom is -0.444 e. The molecule has 0 bridgehead atoms. The van der Waals surface area contributed by atoms with Gasteiger partial charge >= 0.3 is 6.09 Å². The fourth-order valence-corrected chi connectivity index (χ4v) is 2.11. The van der Waals surface area contributed by atoms with Crippen LogP contribution >= 0.6 is 24.0 Å². The average Bonchev–Trinajstić information content (AvgIpc) is 2.50. The van der Waals surface area contributed by atoms with Crippen LogP contribution in [0.25, 0.3) is 0 Å². The van der Waals surface area contributed by atoms with Crippen molar-refractivity contribution in [2.75, 3.05) is 13.1 Å². The molecule has 0 heterocycles. The minimum atomic E-state index is -0.521. The molecule has 148 valence electrons. The van der Waals surface area contributed by atoms with Gasteiger partial charge in [-0.3, -0.25) is 4.99 Å². The van der Waals surface area contributed by atoms with Crippen LogP contribution in [-0.2, 0) is 11.2 Å². The van der Waals surface area contributed by atoms with Gasteiger partial charge < -0.3 is 21.1 Å². The van der Waals surface area contributed by atoms with Crippen LogP contribution < -0.4 is 16.4 Å². The summed E-state index contributed by atoms with van der Waals surface area (Å²) in [5.74, 6) is 0.598. The van der Waals surface area contributed by atoms with E-state index < -0.39 is 11.7 Å². The third-order valence-electron chi connectivity index (χ3n) is 3.53. The molecule has 0 aliphatic rings. The number of ether oxygens (including phenoxy) is 1. The van der Waals surface area contributed by atoms with Crippen LogP contribution in [0.5, 0.6) is 0 Å². The van der Waals surface area contributed by atoms with Gasteiger partial charge in [0, 0.05) is 6.54 Å². The first-order valence-electron chi connectivity index (χ1n) is 8.74. The average molecular weight is 476 g/mol. The Balaban J connectivity index is 0.00000625. The van der Waals surface area contributed by atoms with Crippen LogP contribution in [0.1, 0.15) is 40.2 Å². The highest BCUT2D eigenvalue weighted by Gasteiger charge is 2.21. The summed E-state index contributed by atoms with van der Waals surface area (Å²) in [5.41, 5.74) is 6.64. The zero-order valence-corrected chi connectivity index (χ0v) is 18.7. The summed E-state index contributed by atoms with van der Waals surface area (Å²) in [6, 6.07) is 10.0. The summed E-state index contributed by atoms with van der Waals surface area (Å²) >= 11 is 0. The van der Waals surface area contributed by atoms with E-state index in [9.17, 15) is 4.79 Å². The second kappa shape index (κ2) is 12.0. The Labute approximate surface area is 174 Å². The predicted molar refractivity (Wildman–Crippen MR) is 118 cm³/mol. The Morgan fingerprint density at radius 3 is 2.38 bits per heavy atom. The Kier molecular flexibility index (Phi) is 11.3. The number of hydrogen-bond acceptors (Lipinski definition) is 3.